The Morgan fingerprint density at radius 3 is 2.76 bits per heavy atom. The number of para-hydroxylation sites is 1. The first kappa shape index (κ1) is 14.5. The summed E-state index contributed by atoms with van der Waals surface area (Å²) in [6.45, 7) is 2.92. The highest BCUT2D eigenvalue weighted by Gasteiger charge is 2.15. The summed E-state index contributed by atoms with van der Waals surface area (Å²) < 4.78 is 3.12. The Bertz CT molecular complexity index is 766. The van der Waals surface area contributed by atoms with E-state index in [1.807, 2.05) is 41.1 Å². The molecule has 0 aliphatic rings. The van der Waals surface area contributed by atoms with E-state index in [0.717, 1.165) is 32.3 Å². The van der Waals surface area contributed by atoms with Crippen LogP contribution in [0.25, 0.3) is 10.9 Å². The second-order valence-corrected chi connectivity index (χ2v) is 6.30. The van der Waals surface area contributed by atoms with E-state index < -0.39 is 6.10 Å². The molecule has 3 rings (SSSR count). The zero-order chi connectivity index (χ0) is 14.8. The molecule has 3 aromatic rings. The van der Waals surface area contributed by atoms with Crippen molar-refractivity contribution in [2.75, 3.05) is 0 Å². The molecule has 108 valence electrons. The summed E-state index contributed by atoms with van der Waals surface area (Å²) in [4.78, 5) is 0. The number of aliphatic hydroxyl groups is 1. The van der Waals surface area contributed by atoms with Crippen molar-refractivity contribution >= 4 is 33.5 Å². The van der Waals surface area contributed by atoms with Gasteiger partial charge in [0.15, 0.2) is 0 Å². The standard InChI is InChI=1S/C17H17IN2O/c1-2-20-16-9-4-3-8-14(16)15(19-20)11-17(21)12-6-5-7-13(18)10-12/h3-10,17,21H,2,11H2,1H3. The second kappa shape index (κ2) is 6.15. The number of halogens is 1. The second-order valence-electron chi connectivity index (χ2n) is 5.05. The number of hydrogen-bond donors (Lipinski definition) is 1. The van der Waals surface area contributed by atoms with Gasteiger partial charge >= 0.3 is 0 Å². The summed E-state index contributed by atoms with van der Waals surface area (Å²) in [5.74, 6) is 0. The van der Waals surface area contributed by atoms with Crippen LogP contribution in [0.15, 0.2) is 48.5 Å². The normalized spacial score (nSPS) is 12.7. The van der Waals surface area contributed by atoms with Gasteiger partial charge in [-0.1, -0.05) is 30.3 Å². The molecule has 0 aliphatic heterocycles. The Kier molecular flexibility index (Phi) is 4.26. The first-order valence-electron chi connectivity index (χ1n) is 7.07. The molecule has 0 amide bonds. The quantitative estimate of drug-likeness (QED) is 0.684. The van der Waals surface area contributed by atoms with Gasteiger partial charge in [0, 0.05) is 21.9 Å². The molecule has 1 unspecified atom stereocenters. The van der Waals surface area contributed by atoms with Crippen LogP contribution >= 0.6 is 22.6 Å². The lowest BCUT2D eigenvalue weighted by molar-refractivity contribution is 0.177. The molecular formula is C17H17IN2O. The molecule has 21 heavy (non-hydrogen) atoms. The van der Waals surface area contributed by atoms with Crippen LogP contribution in [-0.2, 0) is 13.0 Å². The Balaban J connectivity index is 1.94. The van der Waals surface area contributed by atoms with Crippen molar-refractivity contribution in [2.45, 2.75) is 26.0 Å². The summed E-state index contributed by atoms with van der Waals surface area (Å²) in [6.07, 6.45) is 0.0106. The lowest BCUT2D eigenvalue weighted by Crippen LogP contribution is -2.04. The van der Waals surface area contributed by atoms with Gasteiger partial charge in [0.05, 0.1) is 17.3 Å². The molecular weight excluding hydrogens is 375 g/mol. The first-order valence-corrected chi connectivity index (χ1v) is 8.15. The number of aromatic nitrogens is 2. The van der Waals surface area contributed by atoms with Crippen LogP contribution in [0.1, 0.15) is 24.3 Å². The smallest absolute Gasteiger partial charge is 0.0846 e. The minimum atomic E-state index is -0.525. The Morgan fingerprint density at radius 2 is 2.00 bits per heavy atom. The lowest BCUT2D eigenvalue weighted by Gasteiger charge is -2.10. The van der Waals surface area contributed by atoms with Crippen molar-refractivity contribution < 1.29 is 5.11 Å². The molecule has 2 aromatic carbocycles. The van der Waals surface area contributed by atoms with Crippen LogP contribution in [-0.4, -0.2) is 14.9 Å². The summed E-state index contributed by atoms with van der Waals surface area (Å²) in [7, 11) is 0. The fraction of sp³-hybridized carbons (Fsp3) is 0.235. The van der Waals surface area contributed by atoms with E-state index in [0.29, 0.717) is 6.42 Å². The van der Waals surface area contributed by atoms with Crippen LogP contribution in [0.4, 0.5) is 0 Å². The van der Waals surface area contributed by atoms with Gasteiger partial charge in [0.2, 0.25) is 0 Å². The molecule has 0 bridgehead atoms. The van der Waals surface area contributed by atoms with Gasteiger partial charge in [-0.15, -0.1) is 0 Å². The zero-order valence-corrected chi connectivity index (χ0v) is 14.0. The topological polar surface area (TPSA) is 38.0 Å². The van der Waals surface area contributed by atoms with Crippen molar-refractivity contribution in [1.82, 2.24) is 9.78 Å². The maximum Gasteiger partial charge on any atom is 0.0846 e. The van der Waals surface area contributed by atoms with Crippen LogP contribution in [0.2, 0.25) is 0 Å². The molecule has 0 saturated heterocycles. The van der Waals surface area contributed by atoms with Crippen molar-refractivity contribution in [3.8, 4) is 0 Å². The van der Waals surface area contributed by atoms with Crippen LogP contribution < -0.4 is 0 Å². The highest BCUT2D eigenvalue weighted by atomic mass is 127. The lowest BCUT2D eigenvalue weighted by atomic mass is 10.0. The average Bonchev–Trinajstić information content (AvgIpc) is 2.85. The molecule has 1 aromatic heterocycles. The third-order valence-electron chi connectivity index (χ3n) is 3.65. The molecule has 1 atom stereocenters. The molecule has 1 N–H and O–H groups in total. The first-order chi connectivity index (χ1) is 10.2. The summed E-state index contributed by atoms with van der Waals surface area (Å²) in [5, 5.41) is 16.3. The molecule has 0 radical (unpaired) electrons. The van der Waals surface area contributed by atoms with Gasteiger partial charge in [-0.3, -0.25) is 4.68 Å². The summed E-state index contributed by atoms with van der Waals surface area (Å²) in [6, 6.07) is 16.2. The van der Waals surface area contributed by atoms with Crippen LogP contribution in [0, 0.1) is 3.57 Å². The Hall–Kier alpha value is -1.40. The minimum Gasteiger partial charge on any atom is -0.388 e. The molecule has 1 heterocycles. The van der Waals surface area contributed by atoms with E-state index in [9.17, 15) is 5.11 Å². The molecule has 0 fully saturated rings. The number of fused-ring (bicyclic) bond motifs is 1. The minimum absolute atomic E-state index is 0.525. The largest absolute Gasteiger partial charge is 0.388 e. The van der Waals surface area contributed by atoms with Crippen molar-refractivity contribution in [3.05, 3.63) is 63.4 Å². The zero-order valence-electron chi connectivity index (χ0n) is 11.8. The molecule has 3 nitrogen and oxygen atoms in total. The number of aliphatic hydroxyl groups excluding tert-OH is 1. The van der Waals surface area contributed by atoms with Gasteiger partial charge < -0.3 is 5.11 Å². The number of rotatable bonds is 4. The third kappa shape index (κ3) is 2.96. The number of hydrogen-bond acceptors (Lipinski definition) is 2. The predicted octanol–water partition coefficient (Wildman–Crippen LogP) is 3.94. The van der Waals surface area contributed by atoms with E-state index >= 15 is 0 Å². The number of nitrogens with zero attached hydrogens (tertiary/aromatic N) is 2. The fourth-order valence-corrected chi connectivity index (χ4v) is 3.17. The molecule has 0 aliphatic carbocycles. The van der Waals surface area contributed by atoms with E-state index in [-0.39, 0.29) is 0 Å². The molecule has 0 spiro atoms. The van der Waals surface area contributed by atoms with Gasteiger partial charge in [0.1, 0.15) is 0 Å². The van der Waals surface area contributed by atoms with Crippen molar-refractivity contribution in [2.24, 2.45) is 0 Å². The van der Waals surface area contributed by atoms with E-state index in [1.54, 1.807) is 0 Å². The Labute approximate surface area is 137 Å². The fourth-order valence-electron chi connectivity index (χ4n) is 2.60. The molecule has 4 heteroatoms. The number of aryl methyl sites for hydroxylation is 1. The van der Waals surface area contributed by atoms with E-state index in [4.69, 9.17) is 0 Å². The molecule has 0 saturated carbocycles. The van der Waals surface area contributed by atoms with Gasteiger partial charge in [-0.05, 0) is 53.3 Å². The van der Waals surface area contributed by atoms with E-state index in [1.165, 1.54) is 0 Å². The third-order valence-corrected chi connectivity index (χ3v) is 4.33. The van der Waals surface area contributed by atoms with Gasteiger partial charge in [-0.2, -0.15) is 5.10 Å². The highest BCUT2D eigenvalue weighted by molar-refractivity contribution is 14.1. The SMILES string of the molecule is CCn1nc(CC(O)c2cccc(I)c2)c2ccccc21. The maximum absolute atomic E-state index is 10.5. The number of benzene rings is 2. The predicted molar refractivity (Wildman–Crippen MR) is 93.2 cm³/mol. The maximum atomic E-state index is 10.5. The van der Waals surface area contributed by atoms with Crippen molar-refractivity contribution in [1.29, 1.82) is 0 Å². The Morgan fingerprint density at radius 1 is 1.19 bits per heavy atom. The monoisotopic (exact) mass is 392 g/mol. The van der Waals surface area contributed by atoms with Crippen LogP contribution in [0.5, 0.6) is 0 Å². The summed E-state index contributed by atoms with van der Waals surface area (Å²) in [5.41, 5.74) is 3.03. The van der Waals surface area contributed by atoms with Crippen molar-refractivity contribution in [3.63, 3.8) is 0 Å². The van der Waals surface area contributed by atoms with Crippen LogP contribution in [0.3, 0.4) is 0 Å². The highest BCUT2D eigenvalue weighted by Crippen LogP contribution is 2.25. The average molecular weight is 392 g/mol. The van der Waals surface area contributed by atoms with E-state index in [2.05, 4.69) is 46.7 Å². The van der Waals surface area contributed by atoms with Gasteiger partial charge in [0.25, 0.3) is 0 Å². The van der Waals surface area contributed by atoms with Gasteiger partial charge in [-0.25, -0.2) is 0 Å². The summed E-state index contributed by atoms with van der Waals surface area (Å²) >= 11 is 2.26.